The van der Waals surface area contributed by atoms with E-state index in [1.54, 1.807) is 67.7 Å². The topological polar surface area (TPSA) is 51.2 Å². The van der Waals surface area contributed by atoms with Crippen LogP contribution < -0.4 is 9.47 Å². The average Bonchev–Trinajstić information content (AvgIpc) is 2.76. The summed E-state index contributed by atoms with van der Waals surface area (Å²) in [6, 6.07) is 17.1. The third kappa shape index (κ3) is 4.63. The average molecular weight is 486 g/mol. The zero-order chi connectivity index (χ0) is 22.8. The van der Waals surface area contributed by atoms with Gasteiger partial charge in [-0.15, -0.1) is 0 Å². The van der Waals surface area contributed by atoms with Crippen molar-refractivity contribution in [3.05, 3.63) is 93.1 Å². The Morgan fingerprint density at radius 3 is 2.25 bits per heavy atom. The first-order chi connectivity index (χ1) is 15.3. The van der Waals surface area contributed by atoms with Crippen LogP contribution in [-0.4, -0.2) is 4.98 Å². The molecular formula is C25H17Cl3NO3. The maximum absolute atomic E-state index is 12.8. The lowest BCUT2D eigenvalue weighted by molar-refractivity contribution is 0.349. The Morgan fingerprint density at radius 2 is 1.53 bits per heavy atom. The van der Waals surface area contributed by atoms with Crippen LogP contribution in [0.15, 0.2) is 66.9 Å². The summed E-state index contributed by atoms with van der Waals surface area (Å²) in [7, 11) is 0. The van der Waals surface area contributed by atoms with Gasteiger partial charge in [-0.25, -0.2) is 4.98 Å². The molecule has 3 aromatic carbocycles. The van der Waals surface area contributed by atoms with Crippen LogP contribution in [0.5, 0.6) is 28.9 Å². The lowest BCUT2D eigenvalue weighted by Crippen LogP contribution is -1.96. The minimum Gasteiger partial charge on any atom is -0.455 e. The van der Waals surface area contributed by atoms with Gasteiger partial charge in [0.05, 0.1) is 5.02 Å². The van der Waals surface area contributed by atoms with Crippen molar-refractivity contribution >= 4 is 34.8 Å². The zero-order valence-corrected chi connectivity index (χ0v) is 19.4. The Hall–Kier alpha value is -2.92. The van der Waals surface area contributed by atoms with Crippen LogP contribution in [0.1, 0.15) is 11.1 Å². The van der Waals surface area contributed by atoms with Crippen LogP contribution in [0.2, 0.25) is 15.1 Å². The van der Waals surface area contributed by atoms with Crippen LogP contribution in [0.4, 0.5) is 0 Å². The van der Waals surface area contributed by atoms with E-state index in [-0.39, 0.29) is 16.5 Å². The van der Waals surface area contributed by atoms with Crippen molar-refractivity contribution in [1.82, 2.24) is 4.98 Å². The van der Waals surface area contributed by atoms with Crippen molar-refractivity contribution in [3.8, 4) is 40.0 Å². The number of benzene rings is 3. The Kier molecular flexibility index (Phi) is 6.47. The number of pyridine rings is 1. The Morgan fingerprint density at radius 1 is 0.812 bits per heavy atom. The molecule has 161 valence electrons. The normalized spacial score (nSPS) is 10.8. The molecule has 4 aromatic rings. The fourth-order valence-corrected chi connectivity index (χ4v) is 3.91. The van der Waals surface area contributed by atoms with E-state index in [2.05, 4.69) is 4.98 Å². The number of aryl methyl sites for hydroxylation is 1. The molecule has 1 radical (unpaired) electrons. The van der Waals surface area contributed by atoms with Gasteiger partial charge in [-0.1, -0.05) is 34.8 Å². The van der Waals surface area contributed by atoms with Gasteiger partial charge >= 0.3 is 0 Å². The van der Waals surface area contributed by atoms with Gasteiger partial charge < -0.3 is 9.47 Å². The number of nitrogens with zero attached hydrogens (tertiary/aromatic N) is 1. The lowest BCUT2D eigenvalue weighted by Gasteiger charge is -2.17. The summed E-state index contributed by atoms with van der Waals surface area (Å²) in [5.41, 5.74) is 2.35. The third-order valence-corrected chi connectivity index (χ3v) is 5.73. The summed E-state index contributed by atoms with van der Waals surface area (Å²) in [4.78, 5) is 4.35. The second-order valence-corrected chi connectivity index (χ2v) is 8.36. The molecule has 0 fully saturated rings. The first-order valence-corrected chi connectivity index (χ1v) is 10.8. The molecule has 0 atom stereocenters. The van der Waals surface area contributed by atoms with Crippen molar-refractivity contribution in [2.24, 2.45) is 0 Å². The molecule has 1 aromatic heterocycles. The van der Waals surface area contributed by atoms with E-state index in [1.807, 2.05) is 6.92 Å². The SMILES string of the molecule is Cc1cc(Cl)ccc1Oc1cc([O])c(C)c(-c2cccnc2Oc2ccc(Cl)cc2)c1Cl. The molecule has 0 unspecified atom stereocenters. The largest absolute Gasteiger partial charge is 0.455 e. The Labute approximate surface area is 200 Å². The molecule has 7 heteroatoms. The first kappa shape index (κ1) is 22.3. The van der Waals surface area contributed by atoms with Gasteiger partial charge in [-0.05, 0) is 74.0 Å². The summed E-state index contributed by atoms with van der Waals surface area (Å²) < 4.78 is 12.0. The highest BCUT2D eigenvalue weighted by Crippen LogP contribution is 2.47. The van der Waals surface area contributed by atoms with Crippen LogP contribution in [0.3, 0.4) is 0 Å². The molecular weight excluding hydrogens is 469 g/mol. The molecule has 0 aliphatic heterocycles. The van der Waals surface area contributed by atoms with Crippen LogP contribution in [0.25, 0.3) is 11.1 Å². The Bertz CT molecular complexity index is 1290. The Balaban J connectivity index is 1.80. The highest BCUT2D eigenvalue weighted by Gasteiger charge is 2.22. The number of rotatable bonds is 5. The summed E-state index contributed by atoms with van der Waals surface area (Å²) in [6.45, 7) is 3.57. The molecule has 4 nitrogen and oxygen atoms in total. The second-order valence-electron chi connectivity index (χ2n) is 7.11. The lowest BCUT2D eigenvalue weighted by atomic mass is 10.00. The molecule has 0 bridgehead atoms. The van der Waals surface area contributed by atoms with E-state index in [0.29, 0.717) is 44.1 Å². The maximum Gasteiger partial charge on any atom is 0.227 e. The monoisotopic (exact) mass is 484 g/mol. The molecule has 0 aliphatic carbocycles. The zero-order valence-electron chi connectivity index (χ0n) is 17.2. The van der Waals surface area contributed by atoms with E-state index in [1.165, 1.54) is 6.07 Å². The minimum absolute atomic E-state index is 0.215. The van der Waals surface area contributed by atoms with E-state index in [4.69, 9.17) is 44.3 Å². The molecule has 0 saturated heterocycles. The van der Waals surface area contributed by atoms with Crippen molar-refractivity contribution in [2.75, 3.05) is 0 Å². The minimum atomic E-state index is -0.215. The van der Waals surface area contributed by atoms with Crippen molar-refractivity contribution in [1.29, 1.82) is 0 Å². The number of aromatic nitrogens is 1. The number of halogens is 3. The first-order valence-electron chi connectivity index (χ1n) is 9.66. The predicted molar refractivity (Wildman–Crippen MR) is 127 cm³/mol. The van der Waals surface area contributed by atoms with Gasteiger partial charge in [0.2, 0.25) is 5.88 Å². The summed E-state index contributed by atoms with van der Waals surface area (Å²) in [5.74, 6) is 1.43. The van der Waals surface area contributed by atoms with Crippen LogP contribution in [-0.2, 0) is 5.11 Å². The molecule has 32 heavy (non-hydrogen) atoms. The summed E-state index contributed by atoms with van der Waals surface area (Å²) >= 11 is 18.8. The van der Waals surface area contributed by atoms with E-state index >= 15 is 0 Å². The van der Waals surface area contributed by atoms with Crippen molar-refractivity contribution in [2.45, 2.75) is 13.8 Å². The van der Waals surface area contributed by atoms with Gasteiger partial charge in [0.1, 0.15) is 11.5 Å². The number of hydrogen-bond acceptors (Lipinski definition) is 3. The van der Waals surface area contributed by atoms with Gasteiger partial charge in [-0.2, -0.15) is 0 Å². The highest BCUT2D eigenvalue weighted by atomic mass is 35.5. The van der Waals surface area contributed by atoms with Crippen molar-refractivity contribution < 1.29 is 14.6 Å². The number of ether oxygens (including phenoxy) is 2. The van der Waals surface area contributed by atoms with Crippen LogP contribution >= 0.6 is 34.8 Å². The highest BCUT2D eigenvalue weighted by molar-refractivity contribution is 6.35. The molecule has 1 heterocycles. The van der Waals surface area contributed by atoms with Gasteiger partial charge in [0.15, 0.2) is 11.5 Å². The van der Waals surface area contributed by atoms with E-state index in [9.17, 15) is 5.11 Å². The van der Waals surface area contributed by atoms with Crippen molar-refractivity contribution in [3.63, 3.8) is 0 Å². The molecule has 0 N–H and O–H groups in total. The number of hydrogen-bond donors (Lipinski definition) is 0. The summed E-state index contributed by atoms with van der Waals surface area (Å²) in [6.07, 6.45) is 1.60. The maximum atomic E-state index is 12.8. The van der Waals surface area contributed by atoms with Gasteiger partial charge in [0.25, 0.3) is 0 Å². The van der Waals surface area contributed by atoms with E-state index < -0.39 is 0 Å². The third-order valence-electron chi connectivity index (χ3n) is 4.87. The fourth-order valence-electron chi connectivity index (χ4n) is 3.22. The molecule has 0 saturated carbocycles. The fraction of sp³-hybridized carbons (Fsp3) is 0.0800. The predicted octanol–water partition coefficient (Wildman–Crippen LogP) is 9.05. The van der Waals surface area contributed by atoms with Crippen LogP contribution in [0, 0.1) is 13.8 Å². The smallest absolute Gasteiger partial charge is 0.227 e. The van der Waals surface area contributed by atoms with Gasteiger partial charge in [0, 0.05) is 39.0 Å². The quantitative estimate of drug-likeness (QED) is 0.283. The molecule has 0 spiro atoms. The van der Waals surface area contributed by atoms with Gasteiger partial charge in [-0.3, -0.25) is 5.11 Å². The second kappa shape index (κ2) is 9.29. The van der Waals surface area contributed by atoms with E-state index in [0.717, 1.165) is 5.56 Å². The standard InChI is InChI=1S/C25H17Cl3NO3/c1-14-12-17(27)7-10-21(14)32-22-13-20(30)15(2)23(24(22)28)19-4-3-11-29-25(19)31-18-8-5-16(26)6-9-18/h3-13H,1-2H3. The summed E-state index contributed by atoms with van der Waals surface area (Å²) in [5, 5.41) is 14.3. The molecule has 4 rings (SSSR count). The molecule has 0 amide bonds. The molecule has 0 aliphatic rings.